The van der Waals surface area contributed by atoms with E-state index in [4.69, 9.17) is 18.0 Å². The van der Waals surface area contributed by atoms with Crippen molar-refractivity contribution in [3.63, 3.8) is 0 Å². The zero-order valence-corrected chi connectivity index (χ0v) is 12.9. The van der Waals surface area contributed by atoms with Gasteiger partial charge < -0.3 is 10.6 Å². The molecule has 0 spiro atoms. The Morgan fingerprint density at radius 2 is 2.10 bits per heavy atom. The summed E-state index contributed by atoms with van der Waals surface area (Å²) in [7, 11) is 0. The lowest BCUT2D eigenvalue weighted by Crippen LogP contribution is -2.39. The molecular weight excluding hydrogens is 268 g/mol. The molecule has 1 fully saturated rings. The summed E-state index contributed by atoms with van der Waals surface area (Å²) in [6.45, 7) is 5.32. The minimum Gasteiger partial charge on any atom is -0.393 e. The van der Waals surface area contributed by atoms with E-state index >= 15 is 0 Å². The van der Waals surface area contributed by atoms with Crippen LogP contribution < -0.4 is 5.73 Å². The molecule has 1 saturated carbocycles. The number of nitrogens with two attached hydrogens (primary N) is 1. The third-order valence-electron chi connectivity index (χ3n) is 4.01. The van der Waals surface area contributed by atoms with Crippen molar-refractivity contribution < 1.29 is 4.79 Å². The molecule has 1 aromatic carbocycles. The number of carbonyl (C=O) groups excluding carboxylic acids is 1. The molecule has 0 bridgehead atoms. The number of rotatable bonds is 6. The highest BCUT2D eigenvalue weighted by Crippen LogP contribution is 2.48. The van der Waals surface area contributed by atoms with Crippen LogP contribution in [-0.4, -0.2) is 28.9 Å². The second-order valence-corrected chi connectivity index (χ2v) is 6.01. The first-order chi connectivity index (χ1) is 9.54. The molecular formula is C16H22N2OS. The molecule has 1 aliphatic carbocycles. The summed E-state index contributed by atoms with van der Waals surface area (Å²) >= 11 is 4.99. The molecule has 2 rings (SSSR count). The first-order valence-corrected chi connectivity index (χ1v) is 7.58. The van der Waals surface area contributed by atoms with Crippen molar-refractivity contribution in [3.05, 3.63) is 35.9 Å². The highest BCUT2D eigenvalue weighted by molar-refractivity contribution is 7.80. The van der Waals surface area contributed by atoms with Gasteiger partial charge in [0, 0.05) is 24.9 Å². The highest BCUT2D eigenvalue weighted by atomic mass is 32.1. The Bertz CT molecular complexity index is 489. The minimum absolute atomic E-state index is 0.0721. The molecule has 1 amide bonds. The highest BCUT2D eigenvalue weighted by Gasteiger charge is 2.45. The van der Waals surface area contributed by atoms with Crippen molar-refractivity contribution >= 4 is 23.1 Å². The third kappa shape index (κ3) is 3.37. The van der Waals surface area contributed by atoms with Gasteiger partial charge in [0.15, 0.2) is 0 Å². The number of thiocarbonyl (C=S) groups is 1. The lowest BCUT2D eigenvalue weighted by atomic mass is 10.1. The summed E-state index contributed by atoms with van der Waals surface area (Å²) in [5, 5.41) is 0. The maximum absolute atomic E-state index is 12.5. The average molecular weight is 290 g/mol. The zero-order valence-electron chi connectivity index (χ0n) is 12.1. The maximum Gasteiger partial charge on any atom is 0.226 e. The van der Waals surface area contributed by atoms with Gasteiger partial charge in [-0.05, 0) is 24.8 Å². The SMILES string of the molecule is CCN(CC(C)C(N)=S)C(=O)C1CC1c1ccccc1. The van der Waals surface area contributed by atoms with Crippen LogP contribution in [0.1, 0.15) is 31.7 Å². The molecule has 2 N–H and O–H groups in total. The summed E-state index contributed by atoms with van der Waals surface area (Å²) in [5.74, 6) is 0.834. The van der Waals surface area contributed by atoms with E-state index < -0.39 is 0 Å². The van der Waals surface area contributed by atoms with Crippen molar-refractivity contribution in [2.75, 3.05) is 13.1 Å². The maximum atomic E-state index is 12.5. The fraction of sp³-hybridized carbons (Fsp3) is 0.500. The normalized spacial score (nSPS) is 22.1. The van der Waals surface area contributed by atoms with Crippen molar-refractivity contribution in [3.8, 4) is 0 Å². The Labute approximate surface area is 126 Å². The van der Waals surface area contributed by atoms with E-state index in [0.29, 0.717) is 24.0 Å². The lowest BCUT2D eigenvalue weighted by Gasteiger charge is -2.24. The number of amides is 1. The predicted molar refractivity (Wildman–Crippen MR) is 85.5 cm³/mol. The van der Waals surface area contributed by atoms with Crippen LogP contribution in [0.5, 0.6) is 0 Å². The fourth-order valence-corrected chi connectivity index (χ4v) is 2.64. The van der Waals surface area contributed by atoms with E-state index in [1.807, 2.05) is 36.9 Å². The number of carbonyl (C=O) groups is 1. The summed E-state index contributed by atoms with van der Waals surface area (Å²) in [6.07, 6.45) is 0.959. The van der Waals surface area contributed by atoms with Gasteiger partial charge >= 0.3 is 0 Å². The van der Waals surface area contributed by atoms with Crippen molar-refractivity contribution in [1.82, 2.24) is 4.90 Å². The van der Waals surface area contributed by atoms with Gasteiger partial charge in [0.1, 0.15) is 0 Å². The van der Waals surface area contributed by atoms with Crippen LogP contribution in [0.25, 0.3) is 0 Å². The van der Waals surface area contributed by atoms with Crippen LogP contribution in [0.3, 0.4) is 0 Å². The monoisotopic (exact) mass is 290 g/mol. The molecule has 0 saturated heterocycles. The van der Waals surface area contributed by atoms with Crippen LogP contribution in [0.4, 0.5) is 0 Å². The zero-order chi connectivity index (χ0) is 14.7. The van der Waals surface area contributed by atoms with E-state index in [-0.39, 0.29) is 17.7 Å². The lowest BCUT2D eigenvalue weighted by molar-refractivity contribution is -0.132. The van der Waals surface area contributed by atoms with Crippen molar-refractivity contribution in [1.29, 1.82) is 0 Å². The predicted octanol–water partition coefficient (Wildman–Crippen LogP) is 2.56. The molecule has 1 aliphatic rings. The largest absolute Gasteiger partial charge is 0.393 e. The van der Waals surface area contributed by atoms with Gasteiger partial charge in [-0.3, -0.25) is 4.79 Å². The van der Waals surface area contributed by atoms with Crippen molar-refractivity contribution in [2.24, 2.45) is 17.6 Å². The molecule has 4 heteroatoms. The van der Waals surface area contributed by atoms with Crippen LogP contribution in [-0.2, 0) is 4.79 Å². The van der Waals surface area contributed by atoms with Gasteiger partial charge in [0.05, 0.1) is 4.99 Å². The Morgan fingerprint density at radius 1 is 1.45 bits per heavy atom. The fourth-order valence-electron chi connectivity index (χ4n) is 2.57. The molecule has 3 unspecified atom stereocenters. The Kier molecular flexibility index (Phi) is 4.76. The molecule has 0 heterocycles. The molecule has 0 aromatic heterocycles. The van der Waals surface area contributed by atoms with E-state index in [9.17, 15) is 4.79 Å². The summed E-state index contributed by atoms with van der Waals surface area (Å²) in [5.41, 5.74) is 6.91. The van der Waals surface area contributed by atoms with Gasteiger partial charge in [-0.2, -0.15) is 0 Å². The Balaban J connectivity index is 1.96. The van der Waals surface area contributed by atoms with Gasteiger partial charge in [0.2, 0.25) is 5.91 Å². The third-order valence-corrected chi connectivity index (χ3v) is 4.41. The second kappa shape index (κ2) is 6.35. The van der Waals surface area contributed by atoms with Crippen LogP contribution in [0.15, 0.2) is 30.3 Å². The second-order valence-electron chi connectivity index (χ2n) is 5.54. The molecule has 108 valence electrons. The summed E-state index contributed by atoms with van der Waals surface area (Å²) in [6, 6.07) is 10.3. The van der Waals surface area contributed by atoms with Gasteiger partial charge in [0.25, 0.3) is 0 Å². The summed E-state index contributed by atoms with van der Waals surface area (Å²) < 4.78 is 0. The Morgan fingerprint density at radius 3 is 2.65 bits per heavy atom. The molecule has 0 aliphatic heterocycles. The first-order valence-electron chi connectivity index (χ1n) is 7.17. The topological polar surface area (TPSA) is 46.3 Å². The quantitative estimate of drug-likeness (QED) is 0.819. The smallest absolute Gasteiger partial charge is 0.226 e. The molecule has 20 heavy (non-hydrogen) atoms. The van der Waals surface area contributed by atoms with Crippen LogP contribution >= 0.6 is 12.2 Å². The summed E-state index contributed by atoms with van der Waals surface area (Å²) in [4.78, 5) is 14.9. The number of nitrogens with zero attached hydrogens (tertiary/aromatic N) is 1. The van der Waals surface area contributed by atoms with Gasteiger partial charge in [-0.1, -0.05) is 49.5 Å². The minimum atomic E-state index is 0.0721. The van der Waals surface area contributed by atoms with Gasteiger partial charge in [-0.25, -0.2) is 0 Å². The Hall–Kier alpha value is -1.42. The molecule has 1 aromatic rings. The molecule has 0 radical (unpaired) electrons. The van der Waals surface area contributed by atoms with Crippen LogP contribution in [0, 0.1) is 11.8 Å². The van der Waals surface area contributed by atoms with Gasteiger partial charge in [-0.15, -0.1) is 0 Å². The van der Waals surface area contributed by atoms with Crippen LogP contribution in [0.2, 0.25) is 0 Å². The number of benzene rings is 1. The average Bonchev–Trinajstić information content (AvgIpc) is 3.25. The van der Waals surface area contributed by atoms with E-state index in [1.165, 1.54) is 5.56 Å². The number of hydrogen-bond acceptors (Lipinski definition) is 2. The van der Waals surface area contributed by atoms with E-state index in [0.717, 1.165) is 6.42 Å². The van der Waals surface area contributed by atoms with E-state index in [1.54, 1.807) is 0 Å². The first kappa shape index (κ1) is 15.0. The number of hydrogen-bond donors (Lipinski definition) is 1. The molecule has 3 atom stereocenters. The van der Waals surface area contributed by atoms with Crippen molar-refractivity contribution in [2.45, 2.75) is 26.2 Å². The van der Waals surface area contributed by atoms with E-state index in [2.05, 4.69) is 12.1 Å². The standard InChI is InChI=1S/C16H22N2OS/c1-3-18(10-11(2)15(17)20)16(19)14-9-13(14)12-7-5-4-6-8-12/h4-8,11,13-14H,3,9-10H2,1-2H3,(H2,17,20). The molecule has 3 nitrogen and oxygen atoms in total.